The summed E-state index contributed by atoms with van der Waals surface area (Å²) >= 11 is 10.2. The lowest BCUT2D eigenvalue weighted by atomic mass is 10.1. The Kier molecular flexibility index (Phi) is 6.06. The summed E-state index contributed by atoms with van der Waals surface area (Å²) in [7, 11) is 0. The van der Waals surface area contributed by atoms with Gasteiger partial charge in [0.1, 0.15) is 5.25 Å². The van der Waals surface area contributed by atoms with Crippen molar-refractivity contribution in [2.75, 3.05) is 0 Å². The highest BCUT2D eigenvalue weighted by molar-refractivity contribution is 9.10. The summed E-state index contributed by atoms with van der Waals surface area (Å²) in [5, 5.41) is 9.07. The van der Waals surface area contributed by atoms with E-state index in [9.17, 15) is 14.7 Å². The molecule has 0 heterocycles. The van der Waals surface area contributed by atoms with Crippen LogP contribution in [0.5, 0.6) is 0 Å². The van der Waals surface area contributed by atoms with Gasteiger partial charge in [-0.1, -0.05) is 39.7 Å². The van der Waals surface area contributed by atoms with Gasteiger partial charge in [0.25, 0.3) is 0 Å². The highest BCUT2D eigenvalue weighted by atomic mass is 79.9. The van der Waals surface area contributed by atoms with Crippen molar-refractivity contribution in [3.8, 4) is 0 Å². The average molecular weight is 400 g/mol. The van der Waals surface area contributed by atoms with Crippen molar-refractivity contribution in [1.29, 1.82) is 0 Å². The third-order valence-corrected chi connectivity index (χ3v) is 4.88. The lowest BCUT2D eigenvalue weighted by Gasteiger charge is -2.11. The molecule has 0 aliphatic rings. The number of carbonyl (C=O) groups is 2. The van der Waals surface area contributed by atoms with Gasteiger partial charge in [-0.15, -0.1) is 11.8 Å². The Balaban J connectivity index is 2.08. The van der Waals surface area contributed by atoms with Crippen LogP contribution in [0.2, 0.25) is 5.02 Å². The van der Waals surface area contributed by atoms with Crippen molar-refractivity contribution < 1.29 is 14.7 Å². The van der Waals surface area contributed by atoms with E-state index in [4.69, 9.17) is 11.6 Å². The van der Waals surface area contributed by atoms with E-state index in [0.29, 0.717) is 10.6 Å². The summed E-state index contributed by atoms with van der Waals surface area (Å²) in [6.45, 7) is 0. The van der Waals surface area contributed by atoms with E-state index in [0.717, 1.165) is 21.1 Å². The predicted molar refractivity (Wildman–Crippen MR) is 91.8 cm³/mol. The molecule has 0 bridgehead atoms. The highest BCUT2D eigenvalue weighted by Crippen LogP contribution is 2.28. The second-order valence-electron chi connectivity index (χ2n) is 4.53. The molecule has 1 atom stereocenters. The van der Waals surface area contributed by atoms with Crippen molar-refractivity contribution in [1.82, 2.24) is 0 Å². The maximum Gasteiger partial charge on any atom is 0.317 e. The van der Waals surface area contributed by atoms with E-state index < -0.39 is 11.2 Å². The number of carbonyl (C=O) groups excluding carboxylic acids is 1. The molecule has 2 aromatic carbocycles. The molecule has 3 nitrogen and oxygen atoms in total. The first kappa shape index (κ1) is 17.1. The van der Waals surface area contributed by atoms with Crippen LogP contribution in [-0.4, -0.2) is 22.1 Å². The Hall–Kier alpha value is -1.30. The minimum Gasteiger partial charge on any atom is -0.480 e. The molecule has 0 saturated heterocycles. The Labute approximate surface area is 145 Å². The number of hydrogen-bond donors (Lipinski definition) is 1. The molecule has 0 unspecified atom stereocenters. The van der Waals surface area contributed by atoms with E-state index in [2.05, 4.69) is 15.9 Å². The van der Waals surface area contributed by atoms with Gasteiger partial charge in [0.15, 0.2) is 5.78 Å². The standard InChI is InChI=1S/C16H12BrClO3S/c17-11-3-1-10(2-4-11)14(19)9-15(16(20)21)22-13-7-5-12(18)6-8-13/h1-8,15H,9H2,(H,20,21)/t15-/m0/s1. The highest BCUT2D eigenvalue weighted by Gasteiger charge is 2.23. The van der Waals surface area contributed by atoms with Crippen molar-refractivity contribution >= 4 is 51.0 Å². The molecule has 22 heavy (non-hydrogen) atoms. The van der Waals surface area contributed by atoms with Gasteiger partial charge in [-0.2, -0.15) is 0 Å². The molecule has 114 valence electrons. The Morgan fingerprint density at radius 3 is 2.23 bits per heavy atom. The fourth-order valence-corrected chi connectivity index (χ4v) is 3.13. The van der Waals surface area contributed by atoms with E-state index in [-0.39, 0.29) is 12.2 Å². The van der Waals surface area contributed by atoms with Crippen LogP contribution in [0.1, 0.15) is 16.8 Å². The number of aliphatic carboxylic acids is 1. The number of benzene rings is 2. The maximum absolute atomic E-state index is 12.2. The number of hydrogen-bond acceptors (Lipinski definition) is 3. The van der Waals surface area contributed by atoms with Gasteiger partial charge >= 0.3 is 5.97 Å². The van der Waals surface area contributed by atoms with Gasteiger partial charge in [0, 0.05) is 26.4 Å². The van der Waals surface area contributed by atoms with Gasteiger partial charge in [0.05, 0.1) is 0 Å². The zero-order chi connectivity index (χ0) is 16.1. The van der Waals surface area contributed by atoms with E-state index in [1.54, 1.807) is 48.5 Å². The van der Waals surface area contributed by atoms with Gasteiger partial charge in [-0.3, -0.25) is 9.59 Å². The van der Waals surface area contributed by atoms with Crippen LogP contribution >= 0.6 is 39.3 Å². The topological polar surface area (TPSA) is 54.4 Å². The third kappa shape index (κ3) is 4.87. The van der Waals surface area contributed by atoms with Crippen LogP contribution in [0.15, 0.2) is 57.9 Å². The lowest BCUT2D eigenvalue weighted by molar-refractivity contribution is -0.136. The molecule has 2 rings (SSSR count). The zero-order valence-electron chi connectivity index (χ0n) is 11.3. The molecule has 0 amide bonds. The summed E-state index contributed by atoms with van der Waals surface area (Å²) in [6, 6.07) is 13.8. The van der Waals surface area contributed by atoms with Crippen LogP contribution in [0, 0.1) is 0 Å². The molecule has 2 aromatic rings. The number of thioether (sulfide) groups is 1. The van der Waals surface area contributed by atoms with E-state index in [1.165, 1.54) is 0 Å². The molecule has 0 radical (unpaired) electrons. The van der Waals surface area contributed by atoms with Gasteiger partial charge < -0.3 is 5.11 Å². The van der Waals surface area contributed by atoms with Crippen LogP contribution in [0.4, 0.5) is 0 Å². The van der Waals surface area contributed by atoms with Crippen molar-refractivity contribution in [2.24, 2.45) is 0 Å². The molecular weight excluding hydrogens is 388 g/mol. The van der Waals surface area contributed by atoms with E-state index >= 15 is 0 Å². The molecule has 1 N–H and O–H groups in total. The largest absolute Gasteiger partial charge is 0.480 e. The second kappa shape index (κ2) is 7.81. The number of halogens is 2. The summed E-state index contributed by atoms with van der Waals surface area (Å²) < 4.78 is 0.870. The maximum atomic E-state index is 12.2. The van der Waals surface area contributed by atoms with E-state index in [1.807, 2.05) is 0 Å². The fraction of sp³-hybridized carbons (Fsp3) is 0.125. The lowest BCUT2D eigenvalue weighted by Crippen LogP contribution is -2.20. The molecule has 0 saturated carbocycles. The van der Waals surface area contributed by atoms with Crippen LogP contribution in [-0.2, 0) is 4.79 Å². The molecule has 0 aromatic heterocycles. The molecule has 0 fully saturated rings. The first-order chi connectivity index (χ1) is 10.5. The quantitative estimate of drug-likeness (QED) is 0.553. The van der Waals surface area contributed by atoms with Crippen molar-refractivity contribution in [2.45, 2.75) is 16.6 Å². The SMILES string of the molecule is O=C(C[C@H](Sc1ccc(Cl)cc1)C(=O)O)c1ccc(Br)cc1. The second-order valence-corrected chi connectivity index (χ2v) is 7.16. The first-order valence-corrected chi connectivity index (χ1v) is 8.44. The van der Waals surface area contributed by atoms with Gasteiger partial charge in [0.2, 0.25) is 0 Å². The van der Waals surface area contributed by atoms with Crippen molar-refractivity contribution in [3.05, 3.63) is 63.6 Å². The summed E-state index contributed by atoms with van der Waals surface area (Å²) in [4.78, 5) is 24.4. The monoisotopic (exact) mass is 398 g/mol. The summed E-state index contributed by atoms with van der Waals surface area (Å²) in [5.74, 6) is -1.20. The number of carboxylic acid groups (broad SMARTS) is 1. The molecule has 6 heteroatoms. The number of rotatable bonds is 6. The van der Waals surface area contributed by atoms with Crippen LogP contribution in [0.3, 0.4) is 0 Å². The first-order valence-electron chi connectivity index (χ1n) is 6.39. The Morgan fingerprint density at radius 2 is 1.68 bits per heavy atom. The third-order valence-electron chi connectivity index (χ3n) is 2.90. The smallest absolute Gasteiger partial charge is 0.317 e. The molecule has 0 spiro atoms. The normalized spacial score (nSPS) is 11.9. The van der Waals surface area contributed by atoms with Gasteiger partial charge in [-0.25, -0.2) is 0 Å². The fourth-order valence-electron chi connectivity index (χ4n) is 1.78. The minimum absolute atomic E-state index is 0.0652. The molecular formula is C16H12BrClO3S. The van der Waals surface area contributed by atoms with Crippen molar-refractivity contribution in [3.63, 3.8) is 0 Å². The van der Waals surface area contributed by atoms with Crippen LogP contribution < -0.4 is 0 Å². The zero-order valence-corrected chi connectivity index (χ0v) is 14.5. The predicted octanol–water partition coefficient (Wildman–Crippen LogP) is 4.92. The number of Topliss-reactive ketones (excluding diaryl/α,β-unsaturated/α-hetero) is 1. The number of ketones is 1. The summed E-state index contributed by atoms with van der Waals surface area (Å²) in [6.07, 6.45) is -0.0652. The molecule has 0 aliphatic carbocycles. The minimum atomic E-state index is -1.01. The Morgan fingerprint density at radius 1 is 1.09 bits per heavy atom. The average Bonchev–Trinajstić information content (AvgIpc) is 2.49. The number of carboxylic acids is 1. The van der Waals surface area contributed by atoms with Gasteiger partial charge in [-0.05, 0) is 36.4 Å². The summed E-state index contributed by atoms with van der Waals surface area (Å²) in [5.41, 5.74) is 0.506. The van der Waals surface area contributed by atoms with Crippen LogP contribution in [0.25, 0.3) is 0 Å². The Bertz CT molecular complexity index is 671. The molecule has 0 aliphatic heterocycles.